The zero-order valence-electron chi connectivity index (χ0n) is 9.16. The van der Waals surface area contributed by atoms with Gasteiger partial charge in [0.25, 0.3) is 0 Å². The van der Waals surface area contributed by atoms with E-state index in [4.69, 9.17) is 5.73 Å². The first-order chi connectivity index (χ1) is 8.15. The third-order valence-electron chi connectivity index (χ3n) is 2.53. The molecule has 2 rings (SSSR count). The van der Waals surface area contributed by atoms with Gasteiger partial charge in [-0.05, 0) is 42.2 Å². The number of pyridine rings is 1. The highest BCUT2D eigenvalue weighted by molar-refractivity contribution is 5.39. The van der Waals surface area contributed by atoms with Crippen LogP contribution < -0.4 is 5.73 Å². The number of anilines is 1. The third-order valence-corrected chi connectivity index (χ3v) is 2.53. The Morgan fingerprint density at radius 3 is 2.41 bits per heavy atom. The predicted octanol–water partition coefficient (Wildman–Crippen LogP) is 2.73. The van der Waals surface area contributed by atoms with Crippen LogP contribution in [0.2, 0.25) is 0 Å². The van der Waals surface area contributed by atoms with E-state index in [1.807, 2.05) is 6.07 Å². The van der Waals surface area contributed by atoms with Gasteiger partial charge in [0.15, 0.2) is 0 Å². The fraction of sp³-hybridized carbons (Fsp3) is 0.154. The molecule has 0 spiro atoms. The van der Waals surface area contributed by atoms with Crippen LogP contribution in [0.25, 0.3) is 0 Å². The third kappa shape index (κ3) is 3.00. The number of nitrogens with two attached hydrogens (primary N) is 1. The second-order valence-electron chi connectivity index (χ2n) is 3.83. The fourth-order valence-corrected chi connectivity index (χ4v) is 1.70. The van der Waals surface area contributed by atoms with Crippen LogP contribution in [0.15, 0.2) is 36.5 Å². The minimum absolute atomic E-state index is 0.462. The van der Waals surface area contributed by atoms with Crippen molar-refractivity contribution in [3.63, 3.8) is 0 Å². The predicted molar refractivity (Wildman–Crippen MR) is 62.4 cm³/mol. The molecule has 0 aliphatic carbocycles. The Morgan fingerprint density at radius 1 is 1.06 bits per heavy atom. The maximum Gasteiger partial charge on any atom is 0.126 e. The van der Waals surface area contributed by atoms with Gasteiger partial charge in [-0.15, -0.1) is 0 Å². The van der Waals surface area contributed by atoms with Crippen LogP contribution in [0.4, 0.5) is 14.6 Å². The lowest BCUT2D eigenvalue weighted by atomic mass is 10.0. The average molecular weight is 234 g/mol. The van der Waals surface area contributed by atoms with Gasteiger partial charge in [-0.3, -0.25) is 0 Å². The number of hydrogen-bond acceptors (Lipinski definition) is 2. The van der Waals surface area contributed by atoms with E-state index in [1.165, 1.54) is 12.1 Å². The van der Waals surface area contributed by atoms with Crippen LogP contribution in [0.1, 0.15) is 11.1 Å². The first-order valence-corrected chi connectivity index (χ1v) is 5.29. The Morgan fingerprint density at radius 2 is 1.76 bits per heavy atom. The van der Waals surface area contributed by atoms with E-state index in [0.717, 1.165) is 11.6 Å². The summed E-state index contributed by atoms with van der Waals surface area (Å²) in [6, 6.07) is 7.17. The van der Waals surface area contributed by atoms with Gasteiger partial charge in [-0.25, -0.2) is 13.8 Å². The van der Waals surface area contributed by atoms with Crippen molar-refractivity contribution in [2.75, 3.05) is 5.73 Å². The molecule has 0 aliphatic rings. The van der Waals surface area contributed by atoms with Crippen LogP contribution in [0.3, 0.4) is 0 Å². The van der Waals surface area contributed by atoms with Crippen LogP contribution in [-0.2, 0) is 12.8 Å². The maximum atomic E-state index is 13.0. The lowest BCUT2D eigenvalue weighted by Gasteiger charge is -2.05. The molecule has 0 bridgehead atoms. The molecule has 0 unspecified atom stereocenters. The highest BCUT2D eigenvalue weighted by Gasteiger charge is 2.03. The second-order valence-corrected chi connectivity index (χ2v) is 3.83. The monoisotopic (exact) mass is 234 g/mol. The summed E-state index contributed by atoms with van der Waals surface area (Å²) in [5, 5.41) is 0. The lowest BCUT2D eigenvalue weighted by Crippen LogP contribution is -1.99. The normalized spacial score (nSPS) is 10.5. The van der Waals surface area contributed by atoms with Crippen LogP contribution in [0, 0.1) is 11.6 Å². The minimum Gasteiger partial charge on any atom is -0.383 e. The smallest absolute Gasteiger partial charge is 0.126 e. The molecular weight excluding hydrogens is 222 g/mol. The molecule has 17 heavy (non-hydrogen) atoms. The molecule has 88 valence electrons. The van der Waals surface area contributed by atoms with E-state index in [-0.39, 0.29) is 0 Å². The van der Waals surface area contributed by atoms with Gasteiger partial charge in [0.1, 0.15) is 17.5 Å². The fourth-order valence-electron chi connectivity index (χ4n) is 1.70. The lowest BCUT2D eigenvalue weighted by molar-refractivity contribution is 0.579. The summed E-state index contributed by atoms with van der Waals surface area (Å²) in [5.74, 6) is -0.650. The Balaban J connectivity index is 2.10. The van der Waals surface area contributed by atoms with Crippen molar-refractivity contribution in [3.05, 3.63) is 59.3 Å². The van der Waals surface area contributed by atoms with Gasteiger partial charge in [-0.1, -0.05) is 6.07 Å². The van der Waals surface area contributed by atoms with E-state index in [2.05, 4.69) is 4.98 Å². The number of halogens is 2. The largest absolute Gasteiger partial charge is 0.383 e. The second kappa shape index (κ2) is 4.91. The standard InChI is InChI=1S/C13H12F2N2/c14-11-6-9(7-12(15)8-11)3-4-10-2-1-5-17-13(10)16/h1-2,5-8H,3-4H2,(H2,16,17). The zero-order chi connectivity index (χ0) is 12.3. The van der Waals surface area contributed by atoms with Crippen molar-refractivity contribution >= 4 is 5.82 Å². The molecule has 1 heterocycles. The highest BCUT2D eigenvalue weighted by atomic mass is 19.1. The number of nitrogens with zero attached hydrogens (tertiary/aromatic N) is 1. The number of nitrogen functional groups attached to an aromatic ring is 1. The van der Waals surface area contributed by atoms with Gasteiger partial charge >= 0.3 is 0 Å². The van der Waals surface area contributed by atoms with Crippen LogP contribution in [-0.4, -0.2) is 4.98 Å². The minimum atomic E-state index is -0.556. The molecule has 1 aromatic heterocycles. The van der Waals surface area contributed by atoms with E-state index in [9.17, 15) is 8.78 Å². The molecule has 1 aromatic carbocycles. The van der Waals surface area contributed by atoms with E-state index >= 15 is 0 Å². The summed E-state index contributed by atoms with van der Waals surface area (Å²) in [7, 11) is 0. The van der Waals surface area contributed by atoms with Crippen molar-refractivity contribution in [2.24, 2.45) is 0 Å². The average Bonchev–Trinajstić information content (AvgIpc) is 2.27. The molecule has 0 saturated heterocycles. The van der Waals surface area contributed by atoms with Crippen molar-refractivity contribution in [1.29, 1.82) is 0 Å². The summed E-state index contributed by atoms with van der Waals surface area (Å²) in [6.07, 6.45) is 2.76. The number of rotatable bonds is 3. The SMILES string of the molecule is Nc1ncccc1CCc1cc(F)cc(F)c1. The van der Waals surface area contributed by atoms with Gasteiger partial charge in [0.05, 0.1) is 0 Å². The highest BCUT2D eigenvalue weighted by Crippen LogP contribution is 2.14. The number of hydrogen-bond donors (Lipinski definition) is 1. The number of aromatic nitrogens is 1. The summed E-state index contributed by atoms with van der Waals surface area (Å²) in [5.41, 5.74) is 7.19. The van der Waals surface area contributed by atoms with Crippen molar-refractivity contribution in [3.8, 4) is 0 Å². The maximum absolute atomic E-state index is 13.0. The number of benzene rings is 1. The summed E-state index contributed by atoms with van der Waals surface area (Å²) in [6.45, 7) is 0. The van der Waals surface area contributed by atoms with Gasteiger partial charge < -0.3 is 5.73 Å². The quantitative estimate of drug-likeness (QED) is 0.886. The van der Waals surface area contributed by atoms with Gasteiger partial charge in [-0.2, -0.15) is 0 Å². The molecule has 2 N–H and O–H groups in total. The molecule has 2 aromatic rings. The molecule has 0 fully saturated rings. The molecule has 0 aliphatic heterocycles. The zero-order valence-corrected chi connectivity index (χ0v) is 9.16. The van der Waals surface area contributed by atoms with Crippen molar-refractivity contribution < 1.29 is 8.78 Å². The first kappa shape index (κ1) is 11.5. The summed E-state index contributed by atoms with van der Waals surface area (Å²) < 4.78 is 25.9. The molecule has 0 radical (unpaired) electrons. The van der Waals surface area contributed by atoms with E-state index in [1.54, 1.807) is 12.3 Å². The van der Waals surface area contributed by atoms with Gasteiger partial charge in [0, 0.05) is 12.3 Å². The molecule has 0 saturated carbocycles. The molecule has 2 nitrogen and oxygen atoms in total. The molecule has 4 heteroatoms. The topological polar surface area (TPSA) is 38.9 Å². The Kier molecular flexibility index (Phi) is 3.32. The summed E-state index contributed by atoms with van der Waals surface area (Å²) >= 11 is 0. The first-order valence-electron chi connectivity index (χ1n) is 5.29. The molecule has 0 atom stereocenters. The van der Waals surface area contributed by atoms with Gasteiger partial charge in [0.2, 0.25) is 0 Å². The van der Waals surface area contributed by atoms with Crippen molar-refractivity contribution in [1.82, 2.24) is 4.98 Å². The van der Waals surface area contributed by atoms with E-state index in [0.29, 0.717) is 24.2 Å². The Bertz CT molecular complexity index is 506. The Hall–Kier alpha value is -1.97. The molecular formula is C13H12F2N2. The number of aryl methyl sites for hydroxylation is 2. The van der Waals surface area contributed by atoms with Crippen LogP contribution in [0.5, 0.6) is 0 Å². The Labute approximate surface area is 98.1 Å². The van der Waals surface area contributed by atoms with E-state index < -0.39 is 11.6 Å². The molecule has 0 amide bonds. The van der Waals surface area contributed by atoms with Crippen molar-refractivity contribution in [2.45, 2.75) is 12.8 Å². The van der Waals surface area contributed by atoms with Crippen LogP contribution >= 0.6 is 0 Å². The summed E-state index contributed by atoms with van der Waals surface area (Å²) in [4.78, 5) is 3.96.